The van der Waals surface area contributed by atoms with Crippen molar-refractivity contribution in [3.8, 4) is 0 Å². The van der Waals surface area contributed by atoms with Crippen molar-refractivity contribution in [1.82, 2.24) is 0 Å². The van der Waals surface area contributed by atoms with Gasteiger partial charge in [-0.25, -0.2) is 0 Å². The summed E-state index contributed by atoms with van der Waals surface area (Å²) in [6, 6.07) is 0. The van der Waals surface area contributed by atoms with Crippen LogP contribution >= 0.6 is 0 Å². The highest BCUT2D eigenvalue weighted by Crippen LogP contribution is 2.58. The van der Waals surface area contributed by atoms with Crippen LogP contribution in [-0.2, 0) is 4.79 Å². The predicted octanol–water partition coefficient (Wildman–Crippen LogP) is 2.37. The fraction of sp³-hybridized carbons (Fsp3) is 0.583. The van der Waals surface area contributed by atoms with E-state index in [9.17, 15) is 4.79 Å². The van der Waals surface area contributed by atoms with E-state index in [2.05, 4.69) is 12.2 Å². The molecule has 0 aromatic heterocycles. The molecule has 2 fully saturated rings. The van der Waals surface area contributed by atoms with Gasteiger partial charge in [0.2, 0.25) is 0 Å². The van der Waals surface area contributed by atoms with Crippen molar-refractivity contribution in [2.45, 2.75) is 25.7 Å². The fourth-order valence-corrected chi connectivity index (χ4v) is 3.06. The van der Waals surface area contributed by atoms with E-state index in [0.29, 0.717) is 11.8 Å². The van der Waals surface area contributed by atoms with Gasteiger partial charge in [0.15, 0.2) is 0 Å². The second kappa shape index (κ2) is 2.72. The molecule has 0 aromatic rings. The second-order valence-corrected chi connectivity index (χ2v) is 4.59. The van der Waals surface area contributed by atoms with Gasteiger partial charge in [-0.3, -0.25) is 4.79 Å². The Balaban J connectivity index is 1.88. The van der Waals surface area contributed by atoms with E-state index in [-0.39, 0.29) is 5.92 Å². The highest BCUT2D eigenvalue weighted by molar-refractivity contribution is 5.77. The first-order chi connectivity index (χ1) is 6.79. The third-order valence-electron chi connectivity index (χ3n) is 3.83. The number of fused-ring (bicyclic) bond motifs is 1. The average molecular weight is 190 g/mol. The normalized spacial score (nSPS) is 39.0. The minimum Gasteiger partial charge on any atom is -0.481 e. The van der Waals surface area contributed by atoms with Crippen LogP contribution in [0.5, 0.6) is 0 Å². The van der Waals surface area contributed by atoms with Gasteiger partial charge in [0.1, 0.15) is 0 Å². The molecular formula is C12H14O2. The minimum absolute atomic E-state index is 0.0944. The molecule has 3 rings (SSSR count). The number of rotatable bonds is 1. The zero-order valence-electron chi connectivity index (χ0n) is 8.07. The predicted molar refractivity (Wildman–Crippen MR) is 52.7 cm³/mol. The Hall–Kier alpha value is -1.05. The number of carbonyl (C=O) groups is 1. The minimum atomic E-state index is -0.611. The van der Waals surface area contributed by atoms with Gasteiger partial charge in [0.25, 0.3) is 0 Å². The summed E-state index contributed by atoms with van der Waals surface area (Å²) in [5, 5.41) is 8.96. The summed E-state index contributed by atoms with van der Waals surface area (Å²) in [7, 11) is 0. The Morgan fingerprint density at radius 1 is 1.36 bits per heavy atom. The molecule has 0 heterocycles. The van der Waals surface area contributed by atoms with Gasteiger partial charge in [-0.2, -0.15) is 0 Å². The monoisotopic (exact) mass is 190 g/mol. The molecule has 0 amide bonds. The molecule has 14 heavy (non-hydrogen) atoms. The number of carboxylic acid groups (broad SMARTS) is 1. The van der Waals surface area contributed by atoms with Crippen LogP contribution in [0.2, 0.25) is 0 Å². The van der Waals surface area contributed by atoms with E-state index in [1.165, 1.54) is 36.8 Å². The summed E-state index contributed by atoms with van der Waals surface area (Å²) in [6.45, 7) is 0. The first kappa shape index (κ1) is 8.27. The molecule has 1 N–H and O–H groups in total. The van der Waals surface area contributed by atoms with Gasteiger partial charge < -0.3 is 5.11 Å². The molecule has 2 heteroatoms. The standard InChI is InChI=1S/C12H14O2/c13-12(14)11-9-6-5-8(10(9)11)7-3-1-2-4-7/h5-6,9-11H,1-4H2,(H,13,14)/t9-,10+,11+/m0/s1. The number of aliphatic carboxylic acids is 1. The van der Waals surface area contributed by atoms with Crippen LogP contribution < -0.4 is 0 Å². The Bertz CT molecular complexity index is 343. The van der Waals surface area contributed by atoms with E-state index < -0.39 is 5.97 Å². The highest BCUT2D eigenvalue weighted by atomic mass is 16.4. The van der Waals surface area contributed by atoms with E-state index in [1.54, 1.807) is 0 Å². The lowest BCUT2D eigenvalue weighted by atomic mass is 10.0. The lowest BCUT2D eigenvalue weighted by molar-refractivity contribution is -0.139. The van der Waals surface area contributed by atoms with Gasteiger partial charge in [0, 0.05) is 5.92 Å². The number of carboxylic acids is 1. The molecule has 0 saturated heterocycles. The van der Waals surface area contributed by atoms with E-state index in [1.807, 2.05) is 0 Å². The fourth-order valence-electron chi connectivity index (χ4n) is 3.06. The third kappa shape index (κ3) is 0.999. The summed E-state index contributed by atoms with van der Waals surface area (Å²) >= 11 is 0. The highest BCUT2D eigenvalue weighted by Gasteiger charge is 2.57. The molecule has 0 unspecified atom stereocenters. The second-order valence-electron chi connectivity index (χ2n) is 4.59. The number of hydrogen-bond acceptors (Lipinski definition) is 1. The molecular weight excluding hydrogens is 176 g/mol. The van der Waals surface area contributed by atoms with Crippen molar-refractivity contribution < 1.29 is 9.90 Å². The molecule has 2 saturated carbocycles. The SMILES string of the molecule is O=C(O)[C@@H]1[C@H]2C=CC(=C3CCCC3)[C@H]21. The van der Waals surface area contributed by atoms with Crippen molar-refractivity contribution in [3.63, 3.8) is 0 Å². The van der Waals surface area contributed by atoms with Gasteiger partial charge >= 0.3 is 5.97 Å². The average Bonchev–Trinajstić information content (AvgIpc) is 2.57. The first-order valence-electron chi connectivity index (χ1n) is 5.42. The van der Waals surface area contributed by atoms with E-state index in [0.717, 1.165) is 0 Å². The molecule has 2 nitrogen and oxygen atoms in total. The molecule has 0 bridgehead atoms. The van der Waals surface area contributed by atoms with E-state index >= 15 is 0 Å². The Labute approximate surface area is 83.3 Å². The Kier molecular flexibility index (Phi) is 1.61. The van der Waals surface area contributed by atoms with Crippen LogP contribution in [0.3, 0.4) is 0 Å². The van der Waals surface area contributed by atoms with E-state index in [4.69, 9.17) is 5.11 Å². The van der Waals surface area contributed by atoms with Crippen LogP contribution in [0.1, 0.15) is 25.7 Å². The molecule has 3 atom stereocenters. The zero-order valence-corrected chi connectivity index (χ0v) is 8.07. The lowest BCUT2D eigenvalue weighted by Crippen LogP contribution is -2.03. The van der Waals surface area contributed by atoms with Crippen LogP contribution in [0.4, 0.5) is 0 Å². The quantitative estimate of drug-likeness (QED) is 0.689. The molecule has 0 radical (unpaired) electrons. The maximum Gasteiger partial charge on any atom is 0.307 e. The van der Waals surface area contributed by atoms with Crippen LogP contribution in [0.15, 0.2) is 23.3 Å². The van der Waals surface area contributed by atoms with Crippen molar-refractivity contribution >= 4 is 5.97 Å². The summed E-state index contributed by atoms with van der Waals surface area (Å²) in [5.41, 5.74) is 2.91. The summed E-state index contributed by atoms with van der Waals surface area (Å²) < 4.78 is 0. The number of hydrogen-bond donors (Lipinski definition) is 1. The lowest BCUT2D eigenvalue weighted by Gasteiger charge is -2.03. The van der Waals surface area contributed by atoms with Crippen LogP contribution in [0, 0.1) is 17.8 Å². The molecule has 3 aliphatic rings. The zero-order chi connectivity index (χ0) is 9.71. The van der Waals surface area contributed by atoms with Crippen molar-refractivity contribution in [1.29, 1.82) is 0 Å². The molecule has 3 aliphatic carbocycles. The Morgan fingerprint density at radius 2 is 2.07 bits per heavy atom. The van der Waals surface area contributed by atoms with Gasteiger partial charge in [-0.15, -0.1) is 0 Å². The van der Waals surface area contributed by atoms with Gasteiger partial charge in [-0.1, -0.05) is 17.7 Å². The summed E-state index contributed by atoms with van der Waals surface area (Å²) in [5.74, 6) is -0.0280. The van der Waals surface area contributed by atoms with Gasteiger partial charge in [0.05, 0.1) is 5.92 Å². The van der Waals surface area contributed by atoms with Crippen LogP contribution in [0.25, 0.3) is 0 Å². The third-order valence-corrected chi connectivity index (χ3v) is 3.83. The number of allylic oxidation sites excluding steroid dienone is 4. The molecule has 0 aliphatic heterocycles. The summed E-state index contributed by atoms with van der Waals surface area (Å²) in [6.07, 6.45) is 9.27. The molecule has 0 aromatic carbocycles. The summed E-state index contributed by atoms with van der Waals surface area (Å²) in [4.78, 5) is 10.9. The van der Waals surface area contributed by atoms with Gasteiger partial charge in [-0.05, 0) is 37.2 Å². The largest absolute Gasteiger partial charge is 0.481 e. The smallest absolute Gasteiger partial charge is 0.307 e. The Morgan fingerprint density at radius 3 is 2.64 bits per heavy atom. The van der Waals surface area contributed by atoms with Crippen molar-refractivity contribution in [2.24, 2.45) is 17.8 Å². The maximum absolute atomic E-state index is 10.9. The van der Waals surface area contributed by atoms with Crippen LogP contribution in [-0.4, -0.2) is 11.1 Å². The molecule has 0 spiro atoms. The topological polar surface area (TPSA) is 37.3 Å². The molecule has 74 valence electrons. The first-order valence-corrected chi connectivity index (χ1v) is 5.42. The van der Waals surface area contributed by atoms with Crippen molar-refractivity contribution in [3.05, 3.63) is 23.3 Å². The van der Waals surface area contributed by atoms with Crippen molar-refractivity contribution in [2.75, 3.05) is 0 Å². The maximum atomic E-state index is 10.9.